The number of rotatable bonds is 10. The Morgan fingerprint density at radius 2 is 1.90 bits per heavy atom. The van der Waals surface area contributed by atoms with Crippen LogP contribution >= 0.6 is 24.0 Å². The zero-order valence-electron chi connectivity index (χ0n) is 18.0. The van der Waals surface area contributed by atoms with E-state index in [1.165, 1.54) is 0 Å². The van der Waals surface area contributed by atoms with Crippen LogP contribution in [0.1, 0.15) is 39.3 Å². The molecule has 7 nitrogen and oxygen atoms in total. The molecule has 0 fully saturated rings. The SMILES string of the molecule is CCOc1ccc(C(C)NC(=NC)NCC(C)Cn2cccn2)cc1OCC.I. The highest BCUT2D eigenvalue weighted by Crippen LogP contribution is 2.30. The summed E-state index contributed by atoms with van der Waals surface area (Å²) in [7, 11) is 1.78. The van der Waals surface area contributed by atoms with Gasteiger partial charge in [0.1, 0.15) is 0 Å². The number of nitrogens with zero attached hydrogens (tertiary/aromatic N) is 3. The number of ether oxygens (including phenoxy) is 2. The number of guanidine groups is 1. The topological polar surface area (TPSA) is 72.7 Å². The fraction of sp³-hybridized carbons (Fsp3) is 0.524. The largest absolute Gasteiger partial charge is 0.490 e. The molecule has 2 unspecified atom stereocenters. The van der Waals surface area contributed by atoms with Crippen molar-refractivity contribution in [1.29, 1.82) is 0 Å². The van der Waals surface area contributed by atoms with Gasteiger partial charge >= 0.3 is 0 Å². The highest BCUT2D eigenvalue weighted by atomic mass is 127. The molecule has 0 saturated heterocycles. The second-order valence-electron chi connectivity index (χ2n) is 6.72. The van der Waals surface area contributed by atoms with Crippen LogP contribution in [0.3, 0.4) is 0 Å². The summed E-state index contributed by atoms with van der Waals surface area (Å²) in [4.78, 5) is 4.34. The van der Waals surface area contributed by atoms with Crippen molar-refractivity contribution in [1.82, 2.24) is 20.4 Å². The number of halogens is 1. The highest BCUT2D eigenvalue weighted by Gasteiger charge is 2.13. The zero-order chi connectivity index (χ0) is 20.4. The highest BCUT2D eigenvalue weighted by molar-refractivity contribution is 14.0. The van der Waals surface area contributed by atoms with E-state index in [1.807, 2.05) is 42.9 Å². The predicted octanol–water partition coefficient (Wildman–Crippen LogP) is 3.86. The molecule has 2 atom stereocenters. The van der Waals surface area contributed by atoms with Crippen molar-refractivity contribution < 1.29 is 9.47 Å². The summed E-state index contributed by atoms with van der Waals surface area (Å²) in [6.07, 6.45) is 3.78. The first-order chi connectivity index (χ1) is 13.6. The van der Waals surface area contributed by atoms with E-state index in [9.17, 15) is 0 Å². The molecule has 8 heteroatoms. The van der Waals surface area contributed by atoms with E-state index in [1.54, 1.807) is 13.2 Å². The van der Waals surface area contributed by atoms with Gasteiger partial charge in [0, 0.05) is 32.5 Å². The summed E-state index contributed by atoms with van der Waals surface area (Å²) in [5.41, 5.74) is 1.11. The summed E-state index contributed by atoms with van der Waals surface area (Å²) in [5, 5.41) is 11.1. The van der Waals surface area contributed by atoms with Crippen LogP contribution < -0.4 is 20.1 Å². The van der Waals surface area contributed by atoms with E-state index < -0.39 is 0 Å². The van der Waals surface area contributed by atoms with Gasteiger partial charge < -0.3 is 20.1 Å². The van der Waals surface area contributed by atoms with Gasteiger partial charge in [-0.1, -0.05) is 13.0 Å². The Labute approximate surface area is 191 Å². The molecular formula is C21H34IN5O2. The number of hydrogen-bond acceptors (Lipinski definition) is 4. The summed E-state index contributed by atoms with van der Waals surface area (Å²) in [5.74, 6) is 2.73. The first-order valence-electron chi connectivity index (χ1n) is 9.91. The molecule has 0 aliphatic heterocycles. The third-order valence-electron chi connectivity index (χ3n) is 4.32. The number of hydrogen-bond donors (Lipinski definition) is 2. The van der Waals surface area contributed by atoms with Gasteiger partial charge in [0.05, 0.1) is 19.3 Å². The lowest BCUT2D eigenvalue weighted by Crippen LogP contribution is -2.41. The fourth-order valence-corrected chi connectivity index (χ4v) is 2.88. The molecule has 1 aromatic heterocycles. The molecule has 29 heavy (non-hydrogen) atoms. The number of aliphatic imine (C=N–C) groups is 1. The quantitative estimate of drug-likeness (QED) is 0.286. The van der Waals surface area contributed by atoms with E-state index in [2.05, 4.69) is 40.6 Å². The van der Waals surface area contributed by atoms with Gasteiger partial charge in [0.15, 0.2) is 17.5 Å². The molecule has 0 amide bonds. The summed E-state index contributed by atoms with van der Waals surface area (Å²) < 4.78 is 13.3. The molecule has 2 aromatic rings. The maximum atomic E-state index is 5.73. The first-order valence-corrected chi connectivity index (χ1v) is 9.91. The first kappa shape index (κ1) is 25.1. The van der Waals surface area contributed by atoms with Crippen LogP contribution in [0.25, 0.3) is 0 Å². The van der Waals surface area contributed by atoms with Crippen LogP contribution in [-0.4, -0.2) is 42.5 Å². The Morgan fingerprint density at radius 3 is 2.52 bits per heavy atom. The lowest BCUT2D eigenvalue weighted by atomic mass is 10.1. The van der Waals surface area contributed by atoms with Crippen LogP contribution in [0.15, 0.2) is 41.7 Å². The molecule has 0 aliphatic carbocycles. The van der Waals surface area contributed by atoms with Gasteiger partial charge in [-0.15, -0.1) is 24.0 Å². The molecule has 0 radical (unpaired) electrons. The van der Waals surface area contributed by atoms with Crippen molar-refractivity contribution in [3.05, 3.63) is 42.2 Å². The van der Waals surface area contributed by atoms with Gasteiger partial charge in [-0.3, -0.25) is 9.67 Å². The van der Waals surface area contributed by atoms with Crippen molar-refractivity contribution in [2.45, 2.75) is 40.3 Å². The third kappa shape index (κ3) is 8.12. The number of aromatic nitrogens is 2. The second kappa shape index (κ2) is 13.3. The third-order valence-corrected chi connectivity index (χ3v) is 4.32. The number of nitrogens with one attached hydrogen (secondary N) is 2. The normalized spacial score (nSPS) is 13.2. The van der Waals surface area contributed by atoms with Gasteiger partial charge in [-0.25, -0.2) is 0 Å². The minimum atomic E-state index is 0. The van der Waals surface area contributed by atoms with Crippen molar-refractivity contribution in [3.63, 3.8) is 0 Å². The number of benzene rings is 1. The van der Waals surface area contributed by atoms with E-state index in [0.29, 0.717) is 19.1 Å². The molecular weight excluding hydrogens is 481 g/mol. The minimum Gasteiger partial charge on any atom is -0.490 e. The predicted molar refractivity (Wildman–Crippen MR) is 128 cm³/mol. The van der Waals surface area contributed by atoms with E-state index in [-0.39, 0.29) is 30.0 Å². The summed E-state index contributed by atoms with van der Waals surface area (Å²) in [6.45, 7) is 11.1. The lowest BCUT2D eigenvalue weighted by Gasteiger charge is -2.21. The Hall–Kier alpha value is -1.97. The molecule has 1 aromatic carbocycles. The van der Waals surface area contributed by atoms with Crippen molar-refractivity contribution >= 4 is 29.9 Å². The van der Waals surface area contributed by atoms with E-state index in [4.69, 9.17) is 9.47 Å². The fourth-order valence-electron chi connectivity index (χ4n) is 2.88. The van der Waals surface area contributed by atoms with Crippen LogP contribution in [0, 0.1) is 5.92 Å². The van der Waals surface area contributed by atoms with Gasteiger partial charge in [0.2, 0.25) is 0 Å². The molecule has 2 N–H and O–H groups in total. The molecule has 0 bridgehead atoms. The Kier molecular flexibility index (Phi) is 11.5. The summed E-state index contributed by atoms with van der Waals surface area (Å²) >= 11 is 0. The van der Waals surface area contributed by atoms with Gasteiger partial charge in [-0.2, -0.15) is 5.10 Å². The van der Waals surface area contributed by atoms with Crippen molar-refractivity contribution in [2.24, 2.45) is 10.9 Å². The summed E-state index contributed by atoms with van der Waals surface area (Å²) in [6, 6.07) is 8.06. The minimum absolute atomic E-state index is 0. The van der Waals surface area contributed by atoms with Gasteiger partial charge in [-0.05, 0) is 50.5 Å². The smallest absolute Gasteiger partial charge is 0.191 e. The van der Waals surface area contributed by atoms with Crippen molar-refractivity contribution in [3.8, 4) is 11.5 Å². The Balaban J connectivity index is 0.00000420. The molecule has 2 rings (SSSR count). The lowest BCUT2D eigenvalue weighted by molar-refractivity contribution is 0.287. The monoisotopic (exact) mass is 515 g/mol. The molecule has 0 spiro atoms. The maximum Gasteiger partial charge on any atom is 0.191 e. The van der Waals surface area contributed by atoms with Crippen LogP contribution in [0.4, 0.5) is 0 Å². The standard InChI is InChI=1S/C21H33N5O2.HI/c1-6-27-19-10-9-18(13-20(19)28-7-2)17(4)25-21(22-5)23-14-16(3)15-26-12-8-11-24-26;/h8-13,16-17H,6-7,14-15H2,1-5H3,(H2,22,23,25);1H. The van der Waals surface area contributed by atoms with Crippen LogP contribution in [-0.2, 0) is 6.54 Å². The van der Waals surface area contributed by atoms with Crippen molar-refractivity contribution in [2.75, 3.05) is 26.8 Å². The second-order valence-corrected chi connectivity index (χ2v) is 6.72. The zero-order valence-corrected chi connectivity index (χ0v) is 20.3. The average Bonchev–Trinajstić information content (AvgIpc) is 3.19. The molecule has 0 saturated carbocycles. The van der Waals surface area contributed by atoms with E-state index >= 15 is 0 Å². The Bertz CT molecular complexity index is 737. The molecule has 0 aliphatic rings. The van der Waals surface area contributed by atoms with E-state index in [0.717, 1.165) is 36.1 Å². The van der Waals surface area contributed by atoms with Crippen LogP contribution in [0.5, 0.6) is 11.5 Å². The van der Waals surface area contributed by atoms with Gasteiger partial charge in [0.25, 0.3) is 0 Å². The molecule has 1 heterocycles. The average molecular weight is 515 g/mol. The maximum absolute atomic E-state index is 5.73. The van der Waals surface area contributed by atoms with Crippen LogP contribution in [0.2, 0.25) is 0 Å². The molecule has 162 valence electrons. The Morgan fingerprint density at radius 1 is 1.17 bits per heavy atom.